The first-order chi connectivity index (χ1) is 9.33. The lowest BCUT2D eigenvalue weighted by Crippen LogP contribution is -2.39. The number of carbonyl (C=O) groups excluding carboxylic acids is 1. The van der Waals surface area contributed by atoms with Gasteiger partial charge in [0.05, 0.1) is 5.69 Å². The van der Waals surface area contributed by atoms with Crippen molar-refractivity contribution in [3.05, 3.63) is 24.7 Å². The predicted octanol–water partition coefficient (Wildman–Crippen LogP) is 2.18. The summed E-state index contributed by atoms with van der Waals surface area (Å²) in [5, 5.41) is 13.7. The van der Waals surface area contributed by atoms with Gasteiger partial charge >= 0.3 is 6.03 Å². The summed E-state index contributed by atoms with van der Waals surface area (Å²) in [5.41, 5.74) is 1.33. The molecule has 6 nitrogen and oxygen atoms in total. The van der Waals surface area contributed by atoms with Crippen molar-refractivity contribution in [3.63, 3.8) is 0 Å². The Labute approximate surface area is 111 Å². The maximum Gasteiger partial charge on any atom is 0.319 e. The molecule has 2 N–H and O–H groups in total. The summed E-state index contributed by atoms with van der Waals surface area (Å²) >= 11 is 0. The summed E-state index contributed by atoms with van der Waals surface area (Å²) < 4.78 is 1.77. The second-order valence-corrected chi connectivity index (χ2v) is 4.92. The average Bonchev–Trinajstić information content (AvgIpc) is 2.89. The number of anilines is 1. The number of nitrogens with zero attached hydrogens (tertiary/aromatic N) is 3. The van der Waals surface area contributed by atoms with E-state index in [4.69, 9.17) is 0 Å². The van der Waals surface area contributed by atoms with Crippen molar-refractivity contribution in [1.29, 1.82) is 0 Å². The summed E-state index contributed by atoms with van der Waals surface area (Å²) in [7, 11) is 0. The molecule has 0 bridgehead atoms. The highest BCUT2D eigenvalue weighted by Crippen LogP contribution is 2.18. The van der Waals surface area contributed by atoms with Crippen LogP contribution in [0.1, 0.15) is 32.1 Å². The number of urea groups is 1. The van der Waals surface area contributed by atoms with Crippen LogP contribution in [0.15, 0.2) is 24.7 Å². The molecule has 1 aliphatic rings. The molecule has 2 aromatic heterocycles. The molecule has 0 aliphatic heterocycles. The van der Waals surface area contributed by atoms with E-state index in [0.717, 1.165) is 12.8 Å². The molecule has 0 unspecified atom stereocenters. The van der Waals surface area contributed by atoms with Crippen LogP contribution >= 0.6 is 0 Å². The average molecular weight is 259 g/mol. The molecule has 0 atom stereocenters. The molecule has 19 heavy (non-hydrogen) atoms. The maximum atomic E-state index is 12.0. The zero-order valence-corrected chi connectivity index (χ0v) is 10.7. The van der Waals surface area contributed by atoms with Gasteiger partial charge in [0.1, 0.15) is 6.33 Å². The zero-order chi connectivity index (χ0) is 13.1. The van der Waals surface area contributed by atoms with E-state index in [0.29, 0.717) is 17.4 Å². The predicted molar refractivity (Wildman–Crippen MR) is 72.0 cm³/mol. The van der Waals surface area contributed by atoms with E-state index < -0.39 is 0 Å². The van der Waals surface area contributed by atoms with E-state index >= 15 is 0 Å². The Bertz CT molecular complexity index is 573. The minimum absolute atomic E-state index is 0.164. The van der Waals surface area contributed by atoms with Gasteiger partial charge in [0.25, 0.3) is 0 Å². The van der Waals surface area contributed by atoms with Crippen LogP contribution in [0.4, 0.5) is 10.5 Å². The van der Waals surface area contributed by atoms with E-state index in [1.807, 2.05) is 18.3 Å². The van der Waals surface area contributed by atoms with Crippen LogP contribution in [0.5, 0.6) is 0 Å². The molecule has 0 saturated heterocycles. The fourth-order valence-corrected chi connectivity index (χ4v) is 2.54. The first kappa shape index (κ1) is 12.0. The Kier molecular flexibility index (Phi) is 3.31. The Morgan fingerprint density at radius 3 is 3.00 bits per heavy atom. The number of nitrogens with one attached hydrogen (secondary N) is 2. The Hall–Kier alpha value is -2.11. The van der Waals surface area contributed by atoms with Gasteiger partial charge in [-0.2, -0.15) is 0 Å². The molecule has 2 aromatic rings. The highest BCUT2D eigenvalue weighted by atomic mass is 16.2. The molecule has 3 rings (SSSR count). The second-order valence-electron chi connectivity index (χ2n) is 4.92. The van der Waals surface area contributed by atoms with Gasteiger partial charge < -0.3 is 10.6 Å². The number of rotatable bonds is 2. The van der Waals surface area contributed by atoms with Gasteiger partial charge in [-0.15, -0.1) is 10.2 Å². The summed E-state index contributed by atoms with van der Waals surface area (Å²) in [6.45, 7) is 0. The normalized spacial score (nSPS) is 16.4. The molecule has 0 spiro atoms. The monoisotopic (exact) mass is 259 g/mol. The van der Waals surface area contributed by atoms with Crippen LogP contribution in [-0.2, 0) is 0 Å². The van der Waals surface area contributed by atoms with Crippen molar-refractivity contribution in [1.82, 2.24) is 19.9 Å². The lowest BCUT2D eigenvalue weighted by atomic mass is 9.96. The number of aromatic nitrogens is 3. The minimum Gasteiger partial charge on any atom is -0.335 e. The zero-order valence-electron chi connectivity index (χ0n) is 10.7. The van der Waals surface area contributed by atoms with Gasteiger partial charge in [0.15, 0.2) is 5.65 Å². The molecule has 0 aromatic carbocycles. The van der Waals surface area contributed by atoms with Crippen LogP contribution < -0.4 is 10.6 Å². The molecular formula is C13H17N5O. The standard InChI is InChI=1S/C13H17N5O/c19-13(15-10-5-2-1-3-6-10)16-11-7-4-8-18-9-14-17-12(11)18/h4,7-10H,1-3,5-6H2,(H2,15,16,19). The molecule has 2 amide bonds. The van der Waals surface area contributed by atoms with Gasteiger partial charge in [-0.3, -0.25) is 4.40 Å². The summed E-state index contributed by atoms with van der Waals surface area (Å²) in [6.07, 6.45) is 9.28. The van der Waals surface area contributed by atoms with E-state index in [1.54, 1.807) is 10.7 Å². The molecule has 1 saturated carbocycles. The van der Waals surface area contributed by atoms with Crippen molar-refractivity contribution >= 4 is 17.4 Å². The van der Waals surface area contributed by atoms with Crippen molar-refractivity contribution in [3.8, 4) is 0 Å². The lowest BCUT2D eigenvalue weighted by molar-refractivity contribution is 0.244. The molecule has 0 radical (unpaired) electrons. The van der Waals surface area contributed by atoms with Crippen molar-refractivity contribution < 1.29 is 4.79 Å². The topological polar surface area (TPSA) is 71.3 Å². The van der Waals surface area contributed by atoms with E-state index in [9.17, 15) is 4.79 Å². The third-order valence-corrected chi connectivity index (χ3v) is 3.51. The van der Waals surface area contributed by atoms with Crippen LogP contribution in [0.2, 0.25) is 0 Å². The van der Waals surface area contributed by atoms with E-state index in [1.165, 1.54) is 19.3 Å². The van der Waals surface area contributed by atoms with Gasteiger partial charge in [-0.1, -0.05) is 19.3 Å². The number of pyridine rings is 1. The fourth-order valence-electron chi connectivity index (χ4n) is 2.54. The minimum atomic E-state index is -0.164. The van der Waals surface area contributed by atoms with Crippen molar-refractivity contribution in [2.24, 2.45) is 0 Å². The number of fused-ring (bicyclic) bond motifs is 1. The van der Waals surface area contributed by atoms with E-state index in [-0.39, 0.29) is 6.03 Å². The second kappa shape index (κ2) is 5.26. The van der Waals surface area contributed by atoms with Gasteiger partial charge in [0.2, 0.25) is 0 Å². The highest BCUT2D eigenvalue weighted by Gasteiger charge is 2.16. The summed E-state index contributed by atoms with van der Waals surface area (Å²) in [6, 6.07) is 3.81. The summed E-state index contributed by atoms with van der Waals surface area (Å²) in [5.74, 6) is 0. The molecule has 6 heteroatoms. The van der Waals surface area contributed by atoms with Crippen LogP contribution in [0.25, 0.3) is 5.65 Å². The Morgan fingerprint density at radius 2 is 2.16 bits per heavy atom. The number of hydrogen-bond acceptors (Lipinski definition) is 3. The largest absolute Gasteiger partial charge is 0.335 e. The first-order valence-corrected chi connectivity index (χ1v) is 6.69. The highest BCUT2D eigenvalue weighted by molar-refractivity contribution is 5.93. The Balaban J connectivity index is 1.67. The Morgan fingerprint density at radius 1 is 1.32 bits per heavy atom. The third kappa shape index (κ3) is 2.67. The number of carbonyl (C=O) groups is 1. The smallest absolute Gasteiger partial charge is 0.319 e. The summed E-state index contributed by atoms with van der Waals surface area (Å²) in [4.78, 5) is 12.0. The fraction of sp³-hybridized carbons (Fsp3) is 0.462. The number of hydrogen-bond donors (Lipinski definition) is 2. The number of amides is 2. The van der Waals surface area contributed by atoms with Crippen LogP contribution in [0, 0.1) is 0 Å². The quantitative estimate of drug-likeness (QED) is 0.868. The van der Waals surface area contributed by atoms with Crippen molar-refractivity contribution in [2.75, 3.05) is 5.32 Å². The third-order valence-electron chi connectivity index (χ3n) is 3.51. The molecule has 1 aliphatic carbocycles. The molecular weight excluding hydrogens is 242 g/mol. The SMILES string of the molecule is O=C(Nc1cccn2cnnc12)NC1CCCCC1. The lowest BCUT2D eigenvalue weighted by Gasteiger charge is -2.22. The molecule has 100 valence electrons. The van der Waals surface area contributed by atoms with Crippen molar-refractivity contribution in [2.45, 2.75) is 38.1 Å². The van der Waals surface area contributed by atoms with Crippen LogP contribution in [-0.4, -0.2) is 26.7 Å². The maximum absolute atomic E-state index is 12.0. The molecule has 1 fully saturated rings. The first-order valence-electron chi connectivity index (χ1n) is 6.69. The molecule has 2 heterocycles. The van der Waals surface area contributed by atoms with Gasteiger partial charge in [-0.05, 0) is 25.0 Å². The van der Waals surface area contributed by atoms with E-state index in [2.05, 4.69) is 20.8 Å². The van der Waals surface area contributed by atoms with Gasteiger partial charge in [0, 0.05) is 12.2 Å². The van der Waals surface area contributed by atoms with Gasteiger partial charge in [-0.25, -0.2) is 4.79 Å². The van der Waals surface area contributed by atoms with Crippen LogP contribution in [0.3, 0.4) is 0 Å².